The minimum absolute atomic E-state index is 0.0108. The summed E-state index contributed by atoms with van der Waals surface area (Å²) < 4.78 is 5.66. The molecule has 3 aromatic rings. The molecule has 0 fully saturated rings. The van der Waals surface area contributed by atoms with Gasteiger partial charge in [-0.1, -0.05) is 41.9 Å². The fraction of sp³-hybridized carbons (Fsp3) is 0.167. The van der Waals surface area contributed by atoms with Gasteiger partial charge in [-0.2, -0.15) is 0 Å². The van der Waals surface area contributed by atoms with Gasteiger partial charge in [0.15, 0.2) is 0 Å². The average molecular weight is 345 g/mol. The van der Waals surface area contributed by atoms with Gasteiger partial charge in [0.2, 0.25) is 0 Å². The third-order valence-electron chi connectivity index (χ3n) is 3.67. The molecule has 0 spiro atoms. The number of furan rings is 1. The predicted molar refractivity (Wildman–Crippen MR) is 94.3 cm³/mol. The van der Waals surface area contributed by atoms with Crippen LogP contribution in [0.3, 0.4) is 0 Å². The molecular formula is C18H17ClN2O3. The number of benzene rings is 2. The van der Waals surface area contributed by atoms with Crippen LogP contribution in [0.1, 0.15) is 12.7 Å². The Kier molecular flexibility index (Phi) is 4.46. The number of fused-ring (bicyclic) bond motifs is 1. The van der Waals surface area contributed by atoms with E-state index < -0.39 is 11.6 Å². The van der Waals surface area contributed by atoms with Gasteiger partial charge >= 0.3 is 6.03 Å². The number of anilines is 1. The molecule has 0 saturated heterocycles. The largest absolute Gasteiger partial charge is 0.458 e. The van der Waals surface area contributed by atoms with Crippen LogP contribution < -0.4 is 10.6 Å². The summed E-state index contributed by atoms with van der Waals surface area (Å²) in [6.45, 7) is 1.57. The molecule has 0 bridgehead atoms. The Morgan fingerprint density at radius 3 is 2.67 bits per heavy atom. The van der Waals surface area contributed by atoms with Gasteiger partial charge < -0.3 is 20.2 Å². The highest BCUT2D eigenvalue weighted by Gasteiger charge is 2.28. The van der Waals surface area contributed by atoms with Crippen LogP contribution in [0, 0.1) is 0 Å². The van der Waals surface area contributed by atoms with E-state index in [0.29, 0.717) is 22.1 Å². The molecule has 0 saturated carbocycles. The van der Waals surface area contributed by atoms with E-state index in [2.05, 4.69) is 10.6 Å². The number of carbonyl (C=O) groups excluding carboxylic acids is 1. The number of hydrogen-bond donors (Lipinski definition) is 3. The van der Waals surface area contributed by atoms with E-state index in [0.717, 1.165) is 5.39 Å². The van der Waals surface area contributed by atoms with Gasteiger partial charge in [0.05, 0.1) is 17.3 Å². The van der Waals surface area contributed by atoms with Crippen LogP contribution in [-0.2, 0) is 5.60 Å². The van der Waals surface area contributed by atoms with Gasteiger partial charge in [0, 0.05) is 5.39 Å². The first-order chi connectivity index (χ1) is 11.5. The van der Waals surface area contributed by atoms with Crippen LogP contribution in [0.2, 0.25) is 5.02 Å². The van der Waals surface area contributed by atoms with E-state index in [9.17, 15) is 9.90 Å². The van der Waals surface area contributed by atoms with Crippen molar-refractivity contribution < 1.29 is 14.3 Å². The molecule has 0 unspecified atom stereocenters. The van der Waals surface area contributed by atoms with Crippen LogP contribution in [0.25, 0.3) is 11.0 Å². The van der Waals surface area contributed by atoms with Gasteiger partial charge in [0.25, 0.3) is 0 Å². The predicted octanol–water partition coefficient (Wildman–Crippen LogP) is 4.12. The third kappa shape index (κ3) is 3.53. The molecule has 0 radical (unpaired) electrons. The molecule has 1 aromatic heterocycles. The highest BCUT2D eigenvalue weighted by atomic mass is 35.5. The number of hydrogen-bond acceptors (Lipinski definition) is 3. The molecule has 3 rings (SSSR count). The first-order valence-electron chi connectivity index (χ1n) is 7.46. The van der Waals surface area contributed by atoms with Gasteiger partial charge in [0.1, 0.15) is 16.9 Å². The van der Waals surface area contributed by atoms with E-state index >= 15 is 0 Å². The zero-order chi connectivity index (χ0) is 17.2. The molecule has 1 heterocycles. The molecule has 1 atom stereocenters. The standard InChI is InChI=1S/C18H17ClN2O3/c1-18(23,16-10-12-6-2-5-9-15(12)24-16)11-20-17(22)21-14-8-4-3-7-13(14)19/h2-10,23H,11H2,1H3,(H2,20,21,22)/t18-/m0/s1. The van der Waals surface area contributed by atoms with Crippen molar-refractivity contribution >= 4 is 34.3 Å². The van der Waals surface area contributed by atoms with Crippen LogP contribution in [0.15, 0.2) is 59.0 Å². The molecule has 2 aromatic carbocycles. The van der Waals surface area contributed by atoms with E-state index in [4.69, 9.17) is 16.0 Å². The van der Waals surface area contributed by atoms with Crippen molar-refractivity contribution in [1.82, 2.24) is 5.32 Å². The second-order valence-electron chi connectivity index (χ2n) is 5.71. The second-order valence-corrected chi connectivity index (χ2v) is 6.12. The van der Waals surface area contributed by atoms with Gasteiger partial charge in [-0.25, -0.2) is 4.79 Å². The van der Waals surface area contributed by atoms with Crippen molar-refractivity contribution in [3.63, 3.8) is 0 Å². The molecule has 124 valence electrons. The number of amides is 2. The smallest absolute Gasteiger partial charge is 0.319 e. The summed E-state index contributed by atoms with van der Waals surface area (Å²) in [5, 5.41) is 17.2. The van der Waals surface area contributed by atoms with E-state index in [1.807, 2.05) is 24.3 Å². The van der Waals surface area contributed by atoms with Crippen molar-refractivity contribution in [1.29, 1.82) is 0 Å². The van der Waals surface area contributed by atoms with Gasteiger partial charge in [-0.05, 0) is 31.2 Å². The quantitative estimate of drug-likeness (QED) is 0.666. The summed E-state index contributed by atoms with van der Waals surface area (Å²) in [6, 6.07) is 15.7. The van der Waals surface area contributed by atoms with Crippen LogP contribution in [0.4, 0.5) is 10.5 Å². The fourth-order valence-corrected chi connectivity index (χ4v) is 2.50. The Bertz CT molecular complexity index is 840. The highest BCUT2D eigenvalue weighted by molar-refractivity contribution is 6.33. The summed E-state index contributed by atoms with van der Waals surface area (Å²) in [5.41, 5.74) is -0.148. The van der Waals surface area contributed by atoms with Crippen molar-refractivity contribution in [2.24, 2.45) is 0 Å². The lowest BCUT2D eigenvalue weighted by Gasteiger charge is -2.21. The Morgan fingerprint density at radius 2 is 1.92 bits per heavy atom. The Hall–Kier alpha value is -2.50. The van der Waals surface area contributed by atoms with E-state index in [1.54, 1.807) is 37.3 Å². The third-order valence-corrected chi connectivity index (χ3v) is 4.00. The number of halogens is 1. The van der Waals surface area contributed by atoms with Gasteiger partial charge in [-0.3, -0.25) is 0 Å². The molecule has 0 aliphatic heterocycles. The molecule has 2 amide bonds. The average Bonchev–Trinajstić information content (AvgIpc) is 3.00. The first kappa shape index (κ1) is 16.4. The van der Waals surface area contributed by atoms with Crippen molar-refractivity contribution in [3.05, 3.63) is 65.4 Å². The lowest BCUT2D eigenvalue weighted by atomic mass is 10.0. The van der Waals surface area contributed by atoms with Crippen LogP contribution in [-0.4, -0.2) is 17.7 Å². The zero-order valence-electron chi connectivity index (χ0n) is 13.0. The number of carbonyl (C=O) groups is 1. The molecule has 5 nitrogen and oxygen atoms in total. The topological polar surface area (TPSA) is 74.5 Å². The highest BCUT2D eigenvalue weighted by Crippen LogP contribution is 2.27. The summed E-state index contributed by atoms with van der Waals surface area (Å²) in [7, 11) is 0. The summed E-state index contributed by atoms with van der Waals surface area (Å²) in [4.78, 5) is 12.0. The molecule has 24 heavy (non-hydrogen) atoms. The fourth-order valence-electron chi connectivity index (χ4n) is 2.32. The number of para-hydroxylation sites is 2. The maximum absolute atomic E-state index is 12.0. The van der Waals surface area contributed by atoms with Crippen molar-refractivity contribution in [2.75, 3.05) is 11.9 Å². The minimum atomic E-state index is -1.34. The summed E-state index contributed by atoms with van der Waals surface area (Å²) >= 11 is 5.99. The number of urea groups is 1. The molecule has 0 aliphatic rings. The Labute approximate surface area is 144 Å². The number of rotatable bonds is 4. The van der Waals surface area contributed by atoms with Crippen LogP contribution >= 0.6 is 11.6 Å². The maximum atomic E-state index is 12.0. The lowest BCUT2D eigenvalue weighted by molar-refractivity contribution is 0.0388. The van der Waals surface area contributed by atoms with Crippen molar-refractivity contribution in [3.8, 4) is 0 Å². The van der Waals surface area contributed by atoms with Crippen LogP contribution in [0.5, 0.6) is 0 Å². The minimum Gasteiger partial charge on any atom is -0.458 e. The first-order valence-corrected chi connectivity index (χ1v) is 7.84. The number of aliphatic hydroxyl groups is 1. The molecule has 3 N–H and O–H groups in total. The molecular weight excluding hydrogens is 328 g/mol. The number of nitrogens with one attached hydrogen (secondary N) is 2. The maximum Gasteiger partial charge on any atom is 0.319 e. The normalized spacial score (nSPS) is 13.5. The lowest BCUT2D eigenvalue weighted by Crippen LogP contribution is -2.40. The molecule has 6 heteroatoms. The van der Waals surface area contributed by atoms with E-state index in [-0.39, 0.29) is 6.54 Å². The Morgan fingerprint density at radius 1 is 1.21 bits per heavy atom. The summed E-state index contributed by atoms with van der Waals surface area (Å²) in [6.07, 6.45) is 0. The SMILES string of the molecule is C[C@](O)(CNC(=O)Nc1ccccc1Cl)c1cc2ccccc2o1. The van der Waals surface area contributed by atoms with E-state index in [1.165, 1.54) is 0 Å². The van der Waals surface area contributed by atoms with Gasteiger partial charge in [-0.15, -0.1) is 0 Å². The zero-order valence-corrected chi connectivity index (χ0v) is 13.8. The molecule has 0 aliphatic carbocycles. The Balaban J connectivity index is 1.66. The second kappa shape index (κ2) is 6.55. The van der Waals surface area contributed by atoms with Crippen molar-refractivity contribution in [2.45, 2.75) is 12.5 Å². The summed E-state index contributed by atoms with van der Waals surface area (Å²) in [5.74, 6) is 0.391. The monoisotopic (exact) mass is 344 g/mol.